The van der Waals surface area contributed by atoms with Crippen LogP contribution in [0.15, 0.2) is 23.1 Å². The Morgan fingerprint density at radius 3 is 2.60 bits per heavy atom. The highest BCUT2D eigenvalue weighted by Crippen LogP contribution is 2.32. The molecule has 7 heteroatoms. The molecule has 2 rings (SSSR count). The van der Waals surface area contributed by atoms with E-state index >= 15 is 0 Å². The molecule has 110 valence electrons. The first-order valence-corrected chi connectivity index (χ1v) is 8.65. The molecule has 1 saturated carbocycles. The van der Waals surface area contributed by atoms with Gasteiger partial charge in [-0.05, 0) is 37.0 Å². The fraction of sp³-hybridized carbons (Fsp3) is 0.462. The molecular weight excluding hydrogens is 305 g/mol. The normalized spacial score (nSPS) is 22.8. The summed E-state index contributed by atoms with van der Waals surface area (Å²) in [7, 11) is 0.971. The lowest BCUT2D eigenvalue weighted by molar-refractivity contribution is -0.120. The van der Waals surface area contributed by atoms with Gasteiger partial charge in [0.25, 0.3) is 9.05 Å². The third-order valence-corrected chi connectivity index (χ3v) is 5.02. The van der Waals surface area contributed by atoms with Crippen LogP contribution in [0.3, 0.4) is 0 Å². The molecule has 0 aliphatic heterocycles. The van der Waals surface area contributed by atoms with Crippen molar-refractivity contribution in [3.63, 3.8) is 0 Å². The molecule has 20 heavy (non-hydrogen) atoms. The first-order chi connectivity index (χ1) is 9.29. The quantitative estimate of drug-likeness (QED) is 0.871. The van der Waals surface area contributed by atoms with Crippen molar-refractivity contribution >= 4 is 31.3 Å². The SMILES string of the molecule is CC1CCCC1C(=O)Nc1ccc(S(=O)(=O)Cl)c(F)c1. The maximum Gasteiger partial charge on any atom is 0.264 e. The van der Waals surface area contributed by atoms with Crippen LogP contribution in [0.25, 0.3) is 0 Å². The number of rotatable bonds is 3. The zero-order chi connectivity index (χ0) is 14.9. The highest BCUT2D eigenvalue weighted by Gasteiger charge is 2.29. The fourth-order valence-corrected chi connectivity index (χ4v) is 3.44. The average Bonchev–Trinajstić information content (AvgIpc) is 2.73. The summed E-state index contributed by atoms with van der Waals surface area (Å²) in [6.07, 6.45) is 2.84. The summed E-state index contributed by atoms with van der Waals surface area (Å²) in [5.74, 6) is -0.898. The predicted octanol–water partition coefficient (Wildman–Crippen LogP) is 3.13. The first kappa shape index (κ1) is 15.3. The molecule has 0 heterocycles. The van der Waals surface area contributed by atoms with Crippen molar-refractivity contribution in [3.05, 3.63) is 24.0 Å². The fourth-order valence-electron chi connectivity index (χ4n) is 2.55. The van der Waals surface area contributed by atoms with E-state index in [0.717, 1.165) is 31.4 Å². The van der Waals surface area contributed by atoms with E-state index < -0.39 is 19.8 Å². The molecule has 0 bridgehead atoms. The number of halogens is 2. The molecular formula is C13H15ClFNO3S. The molecule has 1 aliphatic carbocycles. The minimum atomic E-state index is -4.12. The van der Waals surface area contributed by atoms with E-state index in [-0.39, 0.29) is 17.5 Å². The number of carbonyl (C=O) groups excluding carboxylic acids is 1. The lowest BCUT2D eigenvalue weighted by atomic mass is 9.97. The summed E-state index contributed by atoms with van der Waals surface area (Å²) < 4.78 is 35.8. The van der Waals surface area contributed by atoms with E-state index in [1.54, 1.807) is 0 Å². The van der Waals surface area contributed by atoms with Gasteiger partial charge in [0, 0.05) is 22.3 Å². The van der Waals surface area contributed by atoms with Crippen LogP contribution in [-0.2, 0) is 13.8 Å². The maximum absolute atomic E-state index is 13.6. The summed E-state index contributed by atoms with van der Waals surface area (Å²) in [4.78, 5) is 11.4. The number of benzene rings is 1. The Labute approximate surface area is 121 Å². The van der Waals surface area contributed by atoms with Gasteiger partial charge in [-0.25, -0.2) is 12.8 Å². The summed E-state index contributed by atoms with van der Waals surface area (Å²) in [5.41, 5.74) is 0.232. The second-order valence-corrected chi connectivity index (χ2v) is 7.62. The van der Waals surface area contributed by atoms with Crippen molar-refractivity contribution in [1.82, 2.24) is 0 Å². The summed E-state index contributed by atoms with van der Waals surface area (Å²) in [6.45, 7) is 2.01. The van der Waals surface area contributed by atoms with Crippen molar-refractivity contribution in [3.8, 4) is 0 Å². The highest BCUT2D eigenvalue weighted by atomic mass is 35.7. The molecule has 1 aromatic carbocycles. The van der Waals surface area contributed by atoms with E-state index in [9.17, 15) is 17.6 Å². The number of carbonyl (C=O) groups is 1. The topological polar surface area (TPSA) is 63.2 Å². The Morgan fingerprint density at radius 2 is 2.10 bits per heavy atom. The summed E-state index contributed by atoms with van der Waals surface area (Å²) in [5, 5.41) is 2.62. The number of anilines is 1. The Kier molecular flexibility index (Phi) is 4.34. The lowest BCUT2D eigenvalue weighted by Crippen LogP contribution is -2.24. The number of hydrogen-bond donors (Lipinski definition) is 1. The molecule has 1 N–H and O–H groups in total. The van der Waals surface area contributed by atoms with Crippen LogP contribution in [-0.4, -0.2) is 14.3 Å². The molecule has 0 saturated heterocycles. The third kappa shape index (κ3) is 3.30. The minimum absolute atomic E-state index is 0.0745. The van der Waals surface area contributed by atoms with Gasteiger partial charge in [0.15, 0.2) is 0 Å². The van der Waals surface area contributed by atoms with Gasteiger partial charge in [0.2, 0.25) is 5.91 Å². The standard InChI is InChI=1S/C13H15ClFNO3S/c1-8-3-2-4-10(8)13(17)16-9-5-6-12(11(15)7-9)20(14,18)19/h5-8,10H,2-4H2,1H3,(H,16,17). The first-order valence-electron chi connectivity index (χ1n) is 6.34. The Hall–Kier alpha value is -1.14. The van der Waals surface area contributed by atoms with Crippen LogP contribution in [0.1, 0.15) is 26.2 Å². The van der Waals surface area contributed by atoms with Gasteiger partial charge >= 0.3 is 0 Å². The van der Waals surface area contributed by atoms with Gasteiger partial charge in [-0.2, -0.15) is 0 Å². The second-order valence-electron chi connectivity index (χ2n) is 5.09. The van der Waals surface area contributed by atoms with Crippen LogP contribution in [0.5, 0.6) is 0 Å². The monoisotopic (exact) mass is 319 g/mol. The van der Waals surface area contributed by atoms with E-state index in [0.29, 0.717) is 5.92 Å². The van der Waals surface area contributed by atoms with E-state index in [1.165, 1.54) is 6.07 Å². The molecule has 2 atom stereocenters. The van der Waals surface area contributed by atoms with Crippen LogP contribution in [0, 0.1) is 17.7 Å². The van der Waals surface area contributed by atoms with Gasteiger partial charge < -0.3 is 5.32 Å². The van der Waals surface area contributed by atoms with Crippen LogP contribution in [0.2, 0.25) is 0 Å². The molecule has 0 spiro atoms. The van der Waals surface area contributed by atoms with Crippen molar-refractivity contribution in [2.75, 3.05) is 5.32 Å². The zero-order valence-corrected chi connectivity index (χ0v) is 12.5. The van der Waals surface area contributed by atoms with E-state index in [2.05, 4.69) is 5.32 Å². The molecule has 4 nitrogen and oxygen atoms in total. The van der Waals surface area contributed by atoms with Gasteiger partial charge in [-0.1, -0.05) is 13.3 Å². The zero-order valence-electron chi connectivity index (χ0n) is 10.9. The number of hydrogen-bond acceptors (Lipinski definition) is 3. The van der Waals surface area contributed by atoms with Crippen molar-refractivity contribution in [2.24, 2.45) is 11.8 Å². The molecule has 2 unspecified atom stereocenters. The van der Waals surface area contributed by atoms with Gasteiger partial charge in [-0.3, -0.25) is 4.79 Å². The van der Waals surface area contributed by atoms with Gasteiger partial charge in [0.05, 0.1) is 0 Å². The van der Waals surface area contributed by atoms with Crippen LogP contribution >= 0.6 is 10.7 Å². The van der Waals surface area contributed by atoms with Crippen molar-refractivity contribution in [2.45, 2.75) is 31.1 Å². The second kappa shape index (κ2) is 5.69. The highest BCUT2D eigenvalue weighted by molar-refractivity contribution is 8.13. The molecule has 1 aromatic rings. The Balaban J connectivity index is 2.15. The van der Waals surface area contributed by atoms with E-state index in [1.807, 2.05) is 6.92 Å². The largest absolute Gasteiger partial charge is 0.326 e. The lowest BCUT2D eigenvalue weighted by Gasteiger charge is -2.15. The summed E-state index contributed by atoms with van der Waals surface area (Å²) in [6, 6.07) is 3.34. The van der Waals surface area contributed by atoms with Crippen molar-refractivity contribution < 1.29 is 17.6 Å². The molecule has 1 amide bonds. The minimum Gasteiger partial charge on any atom is -0.326 e. The van der Waals surface area contributed by atoms with Gasteiger partial charge in [0.1, 0.15) is 10.7 Å². The summed E-state index contributed by atoms with van der Waals surface area (Å²) >= 11 is 0. The Morgan fingerprint density at radius 1 is 1.40 bits per heavy atom. The van der Waals surface area contributed by atoms with E-state index in [4.69, 9.17) is 10.7 Å². The number of amides is 1. The van der Waals surface area contributed by atoms with Crippen LogP contribution < -0.4 is 5.32 Å². The molecule has 1 fully saturated rings. The maximum atomic E-state index is 13.6. The van der Waals surface area contributed by atoms with Crippen molar-refractivity contribution in [1.29, 1.82) is 0 Å². The number of nitrogens with one attached hydrogen (secondary N) is 1. The predicted molar refractivity (Wildman–Crippen MR) is 74.6 cm³/mol. The molecule has 1 aliphatic rings. The molecule has 0 radical (unpaired) electrons. The van der Waals surface area contributed by atoms with Gasteiger partial charge in [-0.15, -0.1) is 0 Å². The Bertz CT molecular complexity index is 633. The average molecular weight is 320 g/mol. The third-order valence-electron chi connectivity index (χ3n) is 3.66. The van der Waals surface area contributed by atoms with Crippen LogP contribution in [0.4, 0.5) is 10.1 Å². The molecule has 0 aromatic heterocycles. The smallest absolute Gasteiger partial charge is 0.264 e.